The second-order valence-electron chi connectivity index (χ2n) is 9.36. The number of ketones is 1. The Kier molecular flexibility index (Phi) is 6.58. The number of carbonyl (C=O) groups is 2. The van der Waals surface area contributed by atoms with Crippen LogP contribution in [0, 0.1) is 11.7 Å². The van der Waals surface area contributed by atoms with Crippen molar-refractivity contribution in [2.24, 2.45) is 11.7 Å². The Labute approximate surface area is 201 Å². The molecule has 0 unspecified atom stereocenters. The summed E-state index contributed by atoms with van der Waals surface area (Å²) in [4.78, 5) is 32.8. The summed E-state index contributed by atoms with van der Waals surface area (Å²) in [7, 11) is 0. The Morgan fingerprint density at radius 1 is 1.06 bits per heavy atom. The minimum absolute atomic E-state index is 0.0374. The number of nitrogens with two attached hydrogens (primary N) is 1. The monoisotopic (exact) mass is 480 g/mol. The van der Waals surface area contributed by atoms with E-state index in [1.807, 2.05) is 6.07 Å². The maximum absolute atomic E-state index is 14.0. The van der Waals surface area contributed by atoms with E-state index < -0.39 is 11.7 Å². The molecule has 1 amide bonds. The van der Waals surface area contributed by atoms with Gasteiger partial charge >= 0.3 is 0 Å². The average molecular weight is 481 g/mol. The molecular formula is C24H29FN8O2. The van der Waals surface area contributed by atoms with Gasteiger partial charge in [-0.15, -0.1) is 5.10 Å². The molecular weight excluding hydrogens is 451 g/mol. The number of rotatable bonds is 9. The first-order valence-electron chi connectivity index (χ1n) is 12.0. The van der Waals surface area contributed by atoms with Crippen LogP contribution in [0.2, 0.25) is 0 Å². The number of halogens is 1. The third-order valence-corrected chi connectivity index (χ3v) is 6.60. The predicted octanol–water partition coefficient (Wildman–Crippen LogP) is 2.98. The number of amides is 1. The molecule has 184 valence electrons. The molecule has 0 spiro atoms. The molecule has 11 heteroatoms. The second-order valence-corrected chi connectivity index (χ2v) is 9.36. The molecule has 2 saturated carbocycles. The fraction of sp³-hybridized carbons (Fsp3) is 0.458. The summed E-state index contributed by atoms with van der Waals surface area (Å²) < 4.78 is 15.5. The molecule has 0 atom stereocenters. The lowest BCUT2D eigenvalue weighted by atomic mass is 9.83. The van der Waals surface area contributed by atoms with E-state index >= 15 is 0 Å². The van der Waals surface area contributed by atoms with Crippen LogP contribution < -0.4 is 21.7 Å². The normalized spacial score (nSPS) is 19.9. The van der Waals surface area contributed by atoms with Crippen LogP contribution in [-0.2, 0) is 4.79 Å². The fourth-order valence-corrected chi connectivity index (χ4v) is 4.54. The quantitative estimate of drug-likeness (QED) is 0.367. The van der Waals surface area contributed by atoms with Crippen LogP contribution >= 0.6 is 0 Å². The maximum Gasteiger partial charge on any atom is 0.276 e. The molecule has 2 aliphatic rings. The van der Waals surface area contributed by atoms with E-state index in [1.54, 1.807) is 0 Å². The van der Waals surface area contributed by atoms with Crippen LogP contribution in [0.1, 0.15) is 55.4 Å². The first kappa shape index (κ1) is 23.2. The minimum atomic E-state index is -0.621. The molecule has 3 aromatic rings. The van der Waals surface area contributed by atoms with Gasteiger partial charge in [0.05, 0.1) is 30.3 Å². The first-order valence-corrected chi connectivity index (χ1v) is 12.0. The van der Waals surface area contributed by atoms with E-state index in [9.17, 15) is 14.0 Å². The van der Waals surface area contributed by atoms with Crippen molar-refractivity contribution < 1.29 is 14.0 Å². The number of aromatic nitrogens is 4. The third kappa shape index (κ3) is 5.40. The lowest BCUT2D eigenvalue weighted by molar-refractivity contribution is -0.118. The molecule has 0 aromatic carbocycles. The van der Waals surface area contributed by atoms with Gasteiger partial charge in [0.1, 0.15) is 11.6 Å². The molecule has 10 nitrogen and oxygen atoms in total. The number of Topliss-reactive ketones (excluding diaryl/α,β-unsaturated/α-hetero) is 1. The van der Waals surface area contributed by atoms with Gasteiger partial charge in [-0.3, -0.25) is 14.6 Å². The molecule has 0 saturated heterocycles. The molecule has 5 N–H and O–H groups in total. The molecule has 0 bridgehead atoms. The fourth-order valence-electron chi connectivity index (χ4n) is 4.54. The smallest absolute Gasteiger partial charge is 0.276 e. The number of pyridine rings is 1. The predicted molar refractivity (Wildman–Crippen MR) is 130 cm³/mol. The molecule has 2 fully saturated rings. The van der Waals surface area contributed by atoms with E-state index in [1.165, 1.54) is 23.0 Å². The van der Waals surface area contributed by atoms with Gasteiger partial charge in [-0.25, -0.2) is 13.9 Å². The SMILES string of the molecule is NCC(=O)CC1CCC(Nc2cc(NC3CC3)c3ncc(C(=O)Nc4ccncc4F)n3n2)CC1. The summed E-state index contributed by atoms with van der Waals surface area (Å²) >= 11 is 0. The van der Waals surface area contributed by atoms with Crippen LogP contribution in [0.3, 0.4) is 0 Å². The van der Waals surface area contributed by atoms with Crippen LogP contribution in [0.25, 0.3) is 5.65 Å². The number of imidazole rings is 1. The largest absolute Gasteiger partial charge is 0.379 e. The van der Waals surface area contributed by atoms with Crippen LogP contribution in [-0.4, -0.2) is 49.9 Å². The van der Waals surface area contributed by atoms with Crippen molar-refractivity contribution in [1.82, 2.24) is 19.6 Å². The van der Waals surface area contributed by atoms with Gasteiger partial charge in [-0.2, -0.15) is 0 Å². The highest BCUT2D eigenvalue weighted by Gasteiger charge is 2.26. The molecule has 5 rings (SSSR count). The molecule has 3 aromatic heterocycles. The summed E-state index contributed by atoms with van der Waals surface area (Å²) in [6, 6.07) is 3.91. The Morgan fingerprint density at radius 3 is 2.51 bits per heavy atom. The highest BCUT2D eigenvalue weighted by atomic mass is 19.1. The lowest BCUT2D eigenvalue weighted by Gasteiger charge is -2.29. The summed E-state index contributed by atoms with van der Waals surface area (Å²) in [6.45, 7) is 0.105. The zero-order valence-corrected chi connectivity index (χ0v) is 19.3. The zero-order valence-electron chi connectivity index (χ0n) is 19.3. The Bertz CT molecular complexity index is 1230. The summed E-state index contributed by atoms with van der Waals surface area (Å²) in [5, 5.41) is 14.2. The van der Waals surface area contributed by atoms with E-state index in [0.717, 1.165) is 50.4 Å². The summed E-state index contributed by atoms with van der Waals surface area (Å²) in [6.07, 6.45) is 10.4. The van der Waals surface area contributed by atoms with Crippen LogP contribution in [0.5, 0.6) is 0 Å². The van der Waals surface area contributed by atoms with Gasteiger partial charge in [0.25, 0.3) is 5.91 Å². The van der Waals surface area contributed by atoms with Crippen LogP contribution in [0.4, 0.5) is 21.6 Å². The maximum atomic E-state index is 14.0. The summed E-state index contributed by atoms with van der Waals surface area (Å²) in [5.41, 5.74) is 7.02. The standard InChI is InChI=1S/C24H29FN8O2/c25-18-12-27-8-7-19(18)31-24(35)21-13-28-23-20(29-15-5-6-15)10-22(32-33(21)23)30-16-3-1-14(2-4-16)9-17(34)11-26/h7-8,10,12-16,29H,1-6,9,11,26H2,(H,30,32)(H,27,31,35). The molecule has 0 aliphatic heterocycles. The van der Waals surface area contributed by atoms with Crippen molar-refractivity contribution in [1.29, 1.82) is 0 Å². The Balaban J connectivity index is 1.36. The van der Waals surface area contributed by atoms with Gasteiger partial charge in [0, 0.05) is 30.8 Å². The number of carbonyl (C=O) groups excluding carboxylic acids is 2. The van der Waals surface area contributed by atoms with Gasteiger partial charge in [0.15, 0.2) is 17.2 Å². The lowest BCUT2D eigenvalue weighted by Crippen LogP contribution is -2.29. The van der Waals surface area contributed by atoms with Crippen molar-refractivity contribution in [3.8, 4) is 0 Å². The van der Waals surface area contributed by atoms with Crippen molar-refractivity contribution in [3.63, 3.8) is 0 Å². The molecule has 2 aliphatic carbocycles. The van der Waals surface area contributed by atoms with Crippen molar-refractivity contribution in [2.45, 2.75) is 57.0 Å². The van der Waals surface area contributed by atoms with Gasteiger partial charge in [-0.1, -0.05) is 0 Å². The average Bonchev–Trinajstić information content (AvgIpc) is 3.57. The van der Waals surface area contributed by atoms with E-state index in [2.05, 4.69) is 31.0 Å². The highest BCUT2D eigenvalue weighted by Crippen LogP contribution is 2.31. The third-order valence-electron chi connectivity index (χ3n) is 6.60. The van der Waals surface area contributed by atoms with Crippen molar-refractivity contribution >= 4 is 34.5 Å². The number of nitrogens with one attached hydrogen (secondary N) is 3. The Morgan fingerprint density at radius 2 is 1.80 bits per heavy atom. The number of nitrogens with zero attached hydrogens (tertiary/aromatic N) is 4. The van der Waals surface area contributed by atoms with Gasteiger partial charge in [0.2, 0.25) is 0 Å². The minimum Gasteiger partial charge on any atom is -0.379 e. The summed E-state index contributed by atoms with van der Waals surface area (Å²) in [5.74, 6) is -0.0186. The molecule has 35 heavy (non-hydrogen) atoms. The Hall–Kier alpha value is -3.60. The van der Waals surface area contributed by atoms with Crippen LogP contribution in [0.15, 0.2) is 30.7 Å². The number of hydrogen-bond acceptors (Lipinski definition) is 8. The number of hydrogen-bond donors (Lipinski definition) is 4. The number of fused-ring (bicyclic) bond motifs is 1. The first-order chi connectivity index (χ1) is 17.0. The van der Waals surface area contributed by atoms with Gasteiger partial charge in [-0.05, 0) is 50.5 Å². The van der Waals surface area contributed by atoms with Gasteiger partial charge < -0.3 is 21.7 Å². The second kappa shape index (κ2) is 9.95. The van der Waals surface area contributed by atoms with E-state index in [-0.39, 0.29) is 29.8 Å². The van der Waals surface area contributed by atoms with Crippen molar-refractivity contribution in [3.05, 3.63) is 42.2 Å². The molecule has 3 heterocycles. The van der Waals surface area contributed by atoms with Crippen molar-refractivity contribution in [2.75, 3.05) is 22.5 Å². The van der Waals surface area contributed by atoms with E-state index in [0.29, 0.717) is 29.8 Å². The zero-order chi connectivity index (χ0) is 24.4. The number of anilines is 3. The molecule has 0 radical (unpaired) electrons. The van der Waals surface area contributed by atoms with E-state index in [4.69, 9.17) is 5.73 Å². The highest BCUT2D eigenvalue weighted by molar-refractivity contribution is 6.03. The topological polar surface area (TPSA) is 139 Å².